The maximum atomic E-state index is 12.7. The monoisotopic (exact) mass is 489 g/mol. The molecule has 0 bridgehead atoms. The Labute approximate surface area is 206 Å². The number of thioether (sulfide) groups is 2. The van der Waals surface area contributed by atoms with E-state index in [0.29, 0.717) is 39.1 Å². The van der Waals surface area contributed by atoms with E-state index < -0.39 is 5.97 Å². The van der Waals surface area contributed by atoms with Gasteiger partial charge in [-0.25, -0.2) is 9.97 Å². The van der Waals surface area contributed by atoms with Crippen LogP contribution < -0.4 is 5.32 Å². The molecule has 0 atom stereocenters. The minimum absolute atomic E-state index is 0.0990. The summed E-state index contributed by atoms with van der Waals surface area (Å²) in [5, 5.41) is 15.7. The lowest BCUT2D eigenvalue weighted by molar-refractivity contribution is -0.136. The highest BCUT2D eigenvalue weighted by Crippen LogP contribution is 2.28. The van der Waals surface area contributed by atoms with Crippen molar-refractivity contribution in [1.82, 2.24) is 9.97 Å². The first kappa shape index (κ1) is 23.8. The highest BCUT2D eigenvalue weighted by Gasteiger charge is 2.17. The SMILES string of the molecule is CSc1nc(Cc2ccc(NC(=O)c3ccc4ccccc4c3)cc2)nc(SC)c1CC(=O)O. The highest BCUT2D eigenvalue weighted by atomic mass is 32.2. The van der Waals surface area contributed by atoms with Crippen LogP contribution in [0.25, 0.3) is 10.8 Å². The van der Waals surface area contributed by atoms with Crippen molar-refractivity contribution in [2.45, 2.75) is 22.9 Å². The maximum Gasteiger partial charge on any atom is 0.308 e. The molecule has 0 fully saturated rings. The number of rotatable bonds is 8. The Morgan fingerprint density at radius 1 is 0.882 bits per heavy atom. The molecule has 4 aromatic rings. The Morgan fingerprint density at radius 3 is 2.15 bits per heavy atom. The normalized spacial score (nSPS) is 10.9. The van der Waals surface area contributed by atoms with Gasteiger partial charge in [-0.3, -0.25) is 9.59 Å². The fraction of sp³-hybridized carbons (Fsp3) is 0.154. The van der Waals surface area contributed by atoms with Gasteiger partial charge in [-0.1, -0.05) is 42.5 Å². The summed E-state index contributed by atoms with van der Waals surface area (Å²) in [6.45, 7) is 0. The number of amides is 1. The third-order valence-corrected chi connectivity index (χ3v) is 6.73. The molecule has 1 amide bonds. The average Bonchev–Trinajstić information content (AvgIpc) is 2.85. The van der Waals surface area contributed by atoms with Gasteiger partial charge in [0.15, 0.2) is 0 Å². The second kappa shape index (κ2) is 10.7. The number of carbonyl (C=O) groups excluding carboxylic acids is 1. The first-order chi connectivity index (χ1) is 16.5. The average molecular weight is 490 g/mol. The van der Waals surface area contributed by atoms with Crippen molar-refractivity contribution in [2.75, 3.05) is 17.8 Å². The molecule has 0 radical (unpaired) electrons. The van der Waals surface area contributed by atoms with E-state index in [1.54, 1.807) is 0 Å². The van der Waals surface area contributed by atoms with Crippen LogP contribution in [0.5, 0.6) is 0 Å². The van der Waals surface area contributed by atoms with E-state index in [0.717, 1.165) is 16.3 Å². The first-order valence-corrected chi connectivity index (χ1v) is 13.0. The summed E-state index contributed by atoms with van der Waals surface area (Å²) in [5.41, 5.74) is 2.96. The number of nitrogens with zero attached hydrogens (tertiary/aromatic N) is 2. The van der Waals surface area contributed by atoms with E-state index in [1.807, 2.05) is 79.2 Å². The second-order valence-electron chi connectivity index (χ2n) is 7.60. The number of carboxylic acid groups (broad SMARTS) is 1. The van der Waals surface area contributed by atoms with Crippen LogP contribution in [-0.2, 0) is 17.6 Å². The summed E-state index contributed by atoms with van der Waals surface area (Å²) < 4.78 is 0. The molecular formula is C26H23N3O3S2. The number of aliphatic carboxylic acids is 1. The van der Waals surface area contributed by atoms with Gasteiger partial charge in [-0.05, 0) is 53.1 Å². The molecule has 0 saturated heterocycles. The molecule has 0 aliphatic rings. The van der Waals surface area contributed by atoms with Crippen LogP contribution in [0.2, 0.25) is 0 Å². The van der Waals surface area contributed by atoms with E-state index in [-0.39, 0.29) is 12.3 Å². The standard InChI is InChI=1S/C26H23N3O3S2/c1-33-25-21(15-23(30)31)26(34-2)29-22(28-25)13-16-7-11-20(12-8-16)27-24(32)19-10-9-17-5-3-4-6-18(17)14-19/h3-12,14H,13,15H2,1-2H3,(H,27,32)(H,30,31). The molecule has 34 heavy (non-hydrogen) atoms. The van der Waals surface area contributed by atoms with Crippen molar-refractivity contribution in [2.24, 2.45) is 0 Å². The lowest BCUT2D eigenvalue weighted by atomic mass is 10.1. The molecule has 4 rings (SSSR count). The molecule has 0 aliphatic heterocycles. The van der Waals surface area contributed by atoms with Crippen molar-refractivity contribution in [1.29, 1.82) is 0 Å². The molecule has 172 valence electrons. The summed E-state index contributed by atoms with van der Waals surface area (Å²) in [6, 6.07) is 21.2. The van der Waals surface area contributed by atoms with Crippen LogP contribution in [-0.4, -0.2) is 39.5 Å². The van der Waals surface area contributed by atoms with Crippen molar-refractivity contribution in [3.8, 4) is 0 Å². The zero-order valence-corrected chi connectivity index (χ0v) is 20.4. The molecule has 2 N–H and O–H groups in total. The number of fused-ring (bicyclic) bond motifs is 1. The Bertz CT molecular complexity index is 1330. The van der Waals surface area contributed by atoms with Crippen molar-refractivity contribution in [3.05, 3.63) is 89.2 Å². The van der Waals surface area contributed by atoms with Gasteiger partial charge in [0, 0.05) is 23.2 Å². The molecule has 1 heterocycles. The van der Waals surface area contributed by atoms with Gasteiger partial charge in [0.25, 0.3) is 5.91 Å². The van der Waals surface area contributed by atoms with Crippen LogP contribution in [0.3, 0.4) is 0 Å². The zero-order chi connectivity index (χ0) is 24.1. The maximum absolute atomic E-state index is 12.7. The minimum Gasteiger partial charge on any atom is -0.481 e. The Balaban J connectivity index is 1.48. The zero-order valence-electron chi connectivity index (χ0n) is 18.7. The summed E-state index contributed by atoms with van der Waals surface area (Å²) in [6.07, 6.45) is 4.18. The van der Waals surface area contributed by atoms with Gasteiger partial charge >= 0.3 is 5.97 Å². The Kier molecular flexibility index (Phi) is 7.49. The molecule has 3 aromatic carbocycles. The minimum atomic E-state index is -0.900. The number of carbonyl (C=O) groups is 2. The number of anilines is 1. The topological polar surface area (TPSA) is 92.2 Å². The van der Waals surface area contributed by atoms with Gasteiger partial charge in [0.05, 0.1) is 6.42 Å². The number of nitrogens with one attached hydrogen (secondary N) is 1. The van der Waals surface area contributed by atoms with Gasteiger partial charge in [-0.15, -0.1) is 23.5 Å². The fourth-order valence-corrected chi connectivity index (χ4v) is 4.92. The van der Waals surface area contributed by atoms with Crippen LogP contribution in [0.15, 0.2) is 76.8 Å². The predicted molar refractivity (Wildman–Crippen MR) is 138 cm³/mol. The van der Waals surface area contributed by atoms with Crippen molar-refractivity contribution >= 4 is 51.9 Å². The lowest BCUT2D eigenvalue weighted by Gasteiger charge is -2.12. The molecule has 8 heteroatoms. The molecule has 1 aromatic heterocycles. The summed E-state index contributed by atoms with van der Waals surface area (Å²) >= 11 is 2.85. The lowest BCUT2D eigenvalue weighted by Crippen LogP contribution is -2.12. The third-order valence-electron chi connectivity index (χ3n) is 5.28. The van der Waals surface area contributed by atoms with E-state index >= 15 is 0 Å². The highest BCUT2D eigenvalue weighted by molar-refractivity contribution is 7.99. The Morgan fingerprint density at radius 2 is 1.53 bits per heavy atom. The van der Waals surface area contributed by atoms with Crippen molar-refractivity contribution < 1.29 is 14.7 Å². The van der Waals surface area contributed by atoms with Crippen molar-refractivity contribution in [3.63, 3.8) is 0 Å². The largest absolute Gasteiger partial charge is 0.481 e. The number of carboxylic acids is 1. The molecule has 0 unspecified atom stereocenters. The van der Waals surface area contributed by atoms with E-state index in [2.05, 4.69) is 15.3 Å². The van der Waals surface area contributed by atoms with Gasteiger partial charge in [-0.2, -0.15) is 0 Å². The van der Waals surface area contributed by atoms with E-state index in [1.165, 1.54) is 23.5 Å². The molecule has 0 aliphatic carbocycles. The van der Waals surface area contributed by atoms with E-state index in [4.69, 9.17) is 0 Å². The molecular weight excluding hydrogens is 466 g/mol. The molecule has 0 spiro atoms. The Hall–Kier alpha value is -3.36. The van der Waals surface area contributed by atoms with Gasteiger partial charge in [0.1, 0.15) is 15.9 Å². The molecule has 0 saturated carbocycles. The first-order valence-electron chi connectivity index (χ1n) is 10.6. The van der Waals surface area contributed by atoms with Gasteiger partial charge < -0.3 is 10.4 Å². The number of hydrogen-bond acceptors (Lipinski definition) is 6. The number of hydrogen-bond donors (Lipinski definition) is 2. The molecule has 6 nitrogen and oxygen atoms in total. The third kappa shape index (κ3) is 5.58. The predicted octanol–water partition coefficient (Wildman–Crippen LogP) is 5.54. The van der Waals surface area contributed by atoms with Crippen LogP contribution in [0.4, 0.5) is 5.69 Å². The van der Waals surface area contributed by atoms with Crippen LogP contribution in [0.1, 0.15) is 27.3 Å². The smallest absolute Gasteiger partial charge is 0.308 e. The summed E-state index contributed by atoms with van der Waals surface area (Å²) in [5.74, 6) is -0.427. The second-order valence-corrected chi connectivity index (χ2v) is 9.19. The van der Waals surface area contributed by atoms with Gasteiger partial charge in [0.2, 0.25) is 0 Å². The fourth-order valence-electron chi connectivity index (χ4n) is 3.63. The van der Waals surface area contributed by atoms with Crippen LogP contribution >= 0.6 is 23.5 Å². The van der Waals surface area contributed by atoms with E-state index in [9.17, 15) is 14.7 Å². The van der Waals surface area contributed by atoms with Crippen LogP contribution in [0, 0.1) is 0 Å². The summed E-state index contributed by atoms with van der Waals surface area (Å²) in [4.78, 5) is 33.1. The number of benzene rings is 3. The number of aromatic nitrogens is 2. The summed E-state index contributed by atoms with van der Waals surface area (Å²) in [7, 11) is 0. The quantitative estimate of drug-likeness (QED) is 0.248.